The first-order chi connectivity index (χ1) is 9.65. The summed E-state index contributed by atoms with van der Waals surface area (Å²) in [5, 5.41) is 9.59. The zero-order valence-corrected chi connectivity index (χ0v) is 12.5. The zero-order chi connectivity index (χ0) is 14.1. The average molecular weight is 289 g/mol. The molecule has 1 nitrogen and oxygen atoms in total. The number of rotatable bonds is 2. The molecule has 20 heavy (non-hydrogen) atoms. The van der Waals surface area contributed by atoms with Gasteiger partial charge in [0.25, 0.3) is 0 Å². The SMILES string of the molecule is N#CC1(Sc2ccc(F)cc2)CC2(CCCCCC2)C1. The Morgan fingerprint density at radius 2 is 1.60 bits per heavy atom. The number of nitrogens with zero attached hydrogens (tertiary/aromatic N) is 1. The lowest BCUT2D eigenvalue weighted by molar-refractivity contribution is 0.0882. The minimum atomic E-state index is -0.276. The fourth-order valence-corrected chi connectivity index (χ4v) is 5.42. The van der Waals surface area contributed by atoms with Gasteiger partial charge in [0.2, 0.25) is 0 Å². The highest BCUT2D eigenvalue weighted by molar-refractivity contribution is 8.01. The number of benzene rings is 1. The minimum absolute atomic E-state index is 0.214. The Kier molecular flexibility index (Phi) is 3.77. The number of hydrogen-bond donors (Lipinski definition) is 0. The molecule has 0 N–H and O–H groups in total. The van der Waals surface area contributed by atoms with Crippen molar-refractivity contribution in [3.63, 3.8) is 0 Å². The summed E-state index contributed by atoms with van der Waals surface area (Å²) < 4.78 is 12.7. The maximum absolute atomic E-state index is 13.0. The van der Waals surface area contributed by atoms with Crippen LogP contribution in [-0.4, -0.2) is 4.75 Å². The van der Waals surface area contributed by atoms with Crippen molar-refractivity contribution in [2.45, 2.75) is 61.0 Å². The summed E-state index contributed by atoms with van der Waals surface area (Å²) in [5.41, 5.74) is 0.430. The van der Waals surface area contributed by atoms with E-state index in [9.17, 15) is 9.65 Å². The normalized spacial score (nSPS) is 23.6. The molecule has 3 rings (SSSR count). The summed E-state index contributed by atoms with van der Waals surface area (Å²) in [4.78, 5) is 1.01. The molecule has 1 spiro atoms. The third-order valence-corrected chi connectivity index (χ3v) is 6.09. The summed E-state index contributed by atoms with van der Waals surface area (Å²) in [5.74, 6) is -0.214. The van der Waals surface area contributed by atoms with Crippen molar-refractivity contribution < 1.29 is 4.39 Å². The molecule has 0 saturated heterocycles. The molecule has 0 atom stereocenters. The van der Waals surface area contributed by atoms with Crippen LogP contribution in [0.25, 0.3) is 0 Å². The largest absolute Gasteiger partial charge is 0.207 e. The molecule has 2 aliphatic rings. The van der Waals surface area contributed by atoms with Crippen LogP contribution in [0.4, 0.5) is 4.39 Å². The maximum atomic E-state index is 13.0. The van der Waals surface area contributed by atoms with Crippen molar-refractivity contribution in [2.75, 3.05) is 0 Å². The quantitative estimate of drug-likeness (QED) is 0.736. The van der Waals surface area contributed by atoms with E-state index in [1.165, 1.54) is 50.7 Å². The van der Waals surface area contributed by atoms with E-state index in [1.54, 1.807) is 23.9 Å². The van der Waals surface area contributed by atoms with Crippen molar-refractivity contribution in [2.24, 2.45) is 5.41 Å². The molecule has 0 aromatic heterocycles. The summed E-state index contributed by atoms with van der Waals surface area (Å²) in [6, 6.07) is 9.08. The molecule has 0 heterocycles. The smallest absolute Gasteiger partial charge is 0.123 e. The summed E-state index contributed by atoms with van der Waals surface area (Å²) in [6.45, 7) is 0. The average Bonchev–Trinajstić information content (AvgIpc) is 2.66. The molecule has 0 radical (unpaired) electrons. The van der Waals surface area contributed by atoms with E-state index in [4.69, 9.17) is 0 Å². The van der Waals surface area contributed by atoms with Crippen LogP contribution in [0.2, 0.25) is 0 Å². The van der Waals surface area contributed by atoms with Crippen molar-refractivity contribution in [3.05, 3.63) is 30.1 Å². The highest BCUT2D eigenvalue weighted by Gasteiger charge is 2.55. The van der Waals surface area contributed by atoms with Gasteiger partial charge in [-0.2, -0.15) is 5.26 Å². The monoisotopic (exact) mass is 289 g/mol. The zero-order valence-electron chi connectivity index (χ0n) is 11.7. The van der Waals surface area contributed by atoms with Crippen LogP contribution in [0.3, 0.4) is 0 Å². The predicted octanol–water partition coefficient (Wildman–Crippen LogP) is 5.31. The summed E-state index contributed by atoms with van der Waals surface area (Å²) >= 11 is 1.63. The van der Waals surface area contributed by atoms with Gasteiger partial charge >= 0.3 is 0 Å². The van der Waals surface area contributed by atoms with E-state index < -0.39 is 0 Å². The van der Waals surface area contributed by atoms with E-state index in [2.05, 4.69) is 6.07 Å². The first kappa shape index (κ1) is 13.9. The minimum Gasteiger partial charge on any atom is -0.207 e. The van der Waals surface area contributed by atoms with Crippen LogP contribution in [0.1, 0.15) is 51.4 Å². The van der Waals surface area contributed by atoms with Gasteiger partial charge in [-0.1, -0.05) is 25.7 Å². The van der Waals surface area contributed by atoms with Crippen LogP contribution in [0, 0.1) is 22.6 Å². The number of halogens is 1. The van der Waals surface area contributed by atoms with E-state index >= 15 is 0 Å². The van der Waals surface area contributed by atoms with Gasteiger partial charge in [-0.3, -0.25) is 0 Å². The Bertz CT molecular complexity index is 501. The van der Waals surface area contributed by atoms with Gasteiger partial charge in [-0.25, -0.2) is 4.39 Å². The van der Waals surface area contributed by atoms with Crippen molar-refractivity contribution in [1.82, 2.24) is 0 Å². The molecule has 2 aliphatic carbocycles. The number of hydrogen-bond acceptors (Lipinski definition) is 2. The predicted molar refractivity (Wildman–Crippen MR) is 80.0 cm³/mol. The van der Waals surface area contributed by atoms with E-state index in [0.717, 1.165) is 17.7 Å². The van der Waals surface area contributed by atoms with Gasteiger partial charge in [0.05, 0.1) is 6.07 Å². The lowest BCUT2D eigenvalue weighted by Gasteiger charge is -2.52. The Hall–Kier alpha value is -1.01. The lowest BCUT2D eigenvalue weighted by Crippen LogP contribution is -2.48. The van der Waals surface area contributed by atoms with Gasteiger partial charge < -0.3 is 0 Å². The molecule has 106 valence electrons. The van der Waals surface area contributed by atoms with Crippen molar-refractivity contribution >= 4 is 11.8 Å². The van der Waals surface area contributed by atoms with Gasteiger partial charge in [0.1, 0.15) is 10.6 Å². The molecular weight excluding hydrogens is 269 g/mol. The Labute approximate surface area is 124 Å². The van der Waals surface area contributed by atoms with Crippen molar-refractivity contribution in [3.8, 4) is 6.07 Å². The molecule has 0 bridgehead atoms. The third kappa shape index (κ3) is 2.72. The van der Waals surface area contributed by atoms with Crippen LogP contribution in [-0.2, 0) is 0 Å². The topological polar surface area (TPSA) is 23.8 Å². The molecule has 0 unspecified atom stereocenters. The highest BCUT2D eigenvalue weighted by atomic mass is 32.2. The molecule has 1 aromatic rings. The standard InChI is InChI=1S/C17H20FNS/c18-14-5-7-15(8-6-14)20-17(13-19)11-16(12-17)9-3-1-2-4-10-16/h5-8H,1-4,9-12H2. The number of nitriles is 1. The molecule has 0 aliphatic heterocycles. The third-order valence-electron chi connectivity index (χ3n) is 4.82. The molecule has 0 amide bonds. The van der Waals surface area contributed by atoms with Crippen LogP contribution in [0.5, 0.6) is 0 Å². The highest BCUT2D eigenvalue weighted by Crippen LogP contribution is 2.62. The Balaban J connectivity index is 1.69. The van der Waals surface area contributed by atoms with Gasteiger partial charge in [-0.05, 0) is 55.4 Å². The summed E-state index contributed by atoms with van der Waals surface area (Å²) in [6.07, 6.45) is 9.96. The molecule has 3 heteroatoms. The Morgan fingerprint density at radius 1 is 1.00 bits per heavy atom. The second-order valence-electron chi connectivity index (χ2n) is 6.43. The van der Waals surface area contributed by atoms with Crippen LogP contribution in [0.15, 0.2) is 29.2 Å². The molecule has 2 fully saturated rings. The van der Waals surface area contributed by atoms with Crippen LogP contribution >= 0.6 is 11.8 Å². The van der Waals surface area contributed by atoms with Gasteiger partial charge in [-0.15, -0.1) is 11.8 Å². The molecule has 1 aromatic carbocycles. The second kappa shape index (κ2) is 5.41. The second-order valence-corrected chi connectivity index (χ2v) is 7.89. The van der Waals surface area contributed by atoms with E-state index in [0.29, 0.717) is 5.41 Å². The van der Waals surface area contributed by atoms with Gasteiger partial charge in [0, 0.05) is 4.90 Å². The fraction of sp³-hybridized carbons (Fsp3) is 0.588. The maximum Gasteiger partial charge on any atom is 0.123 e. The Morgan fingerprint density at radius 3 is 2.15 bits per heavy atom. The van der Waals surface area contributed by atoms with Crippen LogP contribution < -0.4 is 0 Å². The molecule has 2 saturated carbocycles. The number of thioether (sulfide) groups is 1. The van der Waals surface area contributed by atoms with E-state index in [1.807, 2.05) is 0 Å². The van der Waals surface area contributed by atoms with Gasteiger partial charge in [0.15, 0.2) is 0 Å². The first-order valence-corrected chi connectivity index (χ1v) is 8.33. The van der Waals surface area contributed by atoms with Crippen molar-refractivity contribution in [1.29, 1.82) is 5.26 Å². The molecular formula is C17H20FNS. The summed E-state index contributed by atoms with van der Waals surface area (Å²) in [7, 11) is 0. The first-order valence-electron chi connectivity index (χ1n) is 7.51. The van der Waals surface area contributed by atoms with E-state index in [-0.39, 0.29) is 10.6 Å². The lowest BCUT2D eigenvalue weighted by atomic mass is 9.58. The fourth-order valence-electron chi connectivity index (χ4n) is 3.89.